The van der Waals surface area contributed by atoms with Gasteiger partial charge >= 0.3 is 0 Å². The maximum Gasteiger partial charge on any atom is 0.122 e. The minimum atomic E-state index is 0.415. The van der Waals surface area contributed by atoms with Gasteiger partial charge in [-0.3, -0.25) is 0 Å². The van der Waals surface area contributed by atoms with Crippen LogP contribution in [0.1, 0.15) is 36.7 Å². The Bertz CT molecular complexity index is 506. The SMILES string of the molecule is COc1ccccc1Cc1ccc(C(C)C)nn1. The van der Waals surface area contributed by atoms with E-state index in [-0.39, 0.29) is 0 Å². The van der Waals surface area contributed by atoms with Gasteiger partial charge in [-0.05, 0) is 24.1 Å². The van der Waals surface area contributed by atoms with Gasteiger partial charge in [-0.15, -0.1) is 0 Å². The maximum atomic E-state index is 5.33. The summed E-state index contributed by atoms with van der Waals surface area (Å²) in [4.78, 5) is 0. The predicted molar refractivity (Wildman–Crippen MR) is 71.9 cm³/mol. The maximum absolute atomic E-state index is 5.33. The lowest BCUT2D eigenvalue weighted by molar-refractivity contribution is 0.410. The molecule has 1 aromatic carbocycles. The average Bonchev–Trinajstić information content (AvgIpc) is 2.40. The van der Waals surface area contributed by atoms with Crippen LogP contribution < -0.4 is 4.74 Å². The molecule has 0 N–H and O–H groups in total. The average molecular weight is 242 g/mol. The summed E-state index contributed by atoms with van der Waals surface area (Å²) in [5.74, 6) is 1.31. The summed E-state index contributed by atoms with van der Waals surface area (Å²) >= 11 is 0. The molecule has 0 aliphatic carbocycles. The second kappa shape index (κ2) is 5.63. The highest BCUT2D eigenvalue weighted by atomic mass is 16.5. The second-order valence-electron chi connectivity index (χ2n) is 4.59. The molecule has 2 aromatic rings. The number of nitrogens with zero attached hydrogens (tertiary/aromatic N) is 2. The molecule has 1 aromatic heterocycles. The number of ether oxygens (including phenoxy) is 1. The fourth-order valence-electron chi connectivity index (χ4n) is 1.82. The van der Waals surface area contributed by atoms with Crippen molar-refractivity contribution in [1.29, 1.82) is 0 Å². The van der Waals surface area contributed by atoms with Crippen LogP contribution in [-0.2, 0) is 6.42 Å². The Balaban J connectivity index is 2.18. The van der Waals surface area contributed by atoms with Crippen LogP contribution in [0.4, 0.5) is 0 Å². The lowest BCUT2D eigenvalue weighted by Gasteiger charge is -2.08. The molecule has 94 valence electrons. The summed E-state index contributed by atoms with van der Waals surface area (Å²) in [5.41, 5.74) is 3.12. The quantitative estimate of drug-likeness (QED) is 0.825. The monoisotopic (exact) mass is 242 g/mol. The summed E-state index contributed by atoms with van der Waals surface area (Å²) in [6, 6.07) is 12.1. The molecule has 0 unspecified atom stereocenters. The minimum absolute atomic E-state index is 0.415. The molecule has 3 heteroatoms. The van der Waals surface area contributed by atoms with Gasteiger partial charge in [-0.2, -0.15) is 10.2 Å². The highest BCUT2D eigenvalue weighted by Gasteiger charge is 2.06. The molecule has 0 fully saturated rings. The Morgan fingerprint density at radius 2 is 1.83 bits per heavy atom. The van der Waals surface area contributed by atoms with Gasteiger partial charge in [0.25, 0.3) is 0 Å². The molecule has 3 nitrogen and oxygen atoms in total. The van der Waals surface area contributed by atoms with Gasteiger partial charge < -0.3 is 4.74 Å². The summed E-state index contributed by atoms with van der Waals surface area (Å²) < 4.78 is 5.33. The van der Waals surface area contributed by atoms with Crippen molar-refractivity contribution in [3.05, 3.63) is 53.3 Å². The van der Waals surface area contributed by atoms with E-state index in [1.165, 1.54) is 0 Å². The predicted octanol–water partition coefficient (Wildman–Crippen LogP) is 3.20. The third-order valence-corrected chi connectivity index (χ3v) is 2.90. The summed E-state index contributed by atoms with van der Waals surface area (Å²) in [6.45, 7) is 4.23. The fraction of sp³-hybridized carbons (Fsp3) is 0.333. The molecule has 0 spiro atoms. The number of benzene rings is 1. The smallest absolute Gasteiger partial charge is 0.122 e. The van der Waals surface area contributed by atoms with Crippen molar-refractivity contribution < 1.29 is 4.74 Å². The van der Waals surface area contributed by atoms with Crippen LogP contribution in [0.3, 0.4) is 0 Å². The van der Waals surface area contributed by atoms with E-state index in [1.807, 2.05) is 30.3 Å². The molecule has 1 heterocycles. The van der Waals surface area contributed by atoms with Gasteiger partial charge in [0, 0.05) is 12.0 Å². The molecule has 0 bridgehead atoms. The Morgan fingerprint density at radius 3 is 2.44 bits per heavy atom. The van der Waals surface area contributed by atoms with Crippen molar-refractivity contribution in [2.75, 3.05) is 7.11 Å². The van der Waals surface area contributed by atoms with E-state index < -0.39 is 0 Å². The highest BCUT2D eigenvalue weighted by molar-refractivity contribution is 5.36. The number of hydrogen-bond donors (Lipinski definition) is 0. The Kier molecular flexibility index (Phi) is 3.92. The van der Waals surface area contributed by atoms with Gasteiger partial charge in [0.15, 0.2) is 0 Å². The summed E-state index contributed by atoms with van der Waals surface area (Å²) in [6.07, 6.45) is 0.745. The highest BCUT2D eigenvalue weighted by Crippen LogP contribution is 2.20. The van der Waals surface area contributed by atoms with Crippen LogP contribution in [0.2, 0.25) is 0 Å². The lowest BCUT2D eigenvalue weighted by Crippen LogP contribution is -2.00. The first-order valence-corrected chi connectivity index (χ1v) is 6.15. The Hall–Kier alpha value is -1.90. The van der Waals surface area contributed by atoms with Crippen molar-refractivity contribution in [3.8, 4) is 5.75 Å². The van der Waals surface area contributed by atoms with Crippen LogP contribution in [0.25, 0.3) is 0 Å². The third kappa shape index (κ3) is 2.86. The van der Waals surface area contributed by atoms with E-state index in [1.54, 1.807) is 7.11 Å². The molecular weight excluding hydrogens is 224 g/mol. The topological polar surface area (TPSA) is 35.0 Å². The normalized spacial score (nSPS) is 10.7. The first-order valence-electron chi connectivity index (χ1n) is 6.15. The van der Waals surface area contributed by atoms with E-state index in [4.69, 9.17) is 4.74 Å². The number of para-hydroxylation sites is 1. The van der Waals surface area contributed by atoms with Crippen LogP contribution in [0.5, 0.6) is 5.75 Å². The van der Waals surface area contributed by atoms with Gasteiger partial charge in [-0.1, -0.05) is 32.0 Å². The first-order chi connectivity index (χ1) is 8.70. The first kappa shape index (κ1) is 12.6. The molecule has 0 saturated carbocycles. The summed E-state index contributed by atoms with van der Waals surface area (Å²) in [5, 5.41) is 8.50. The number of aromatic nitrogens is 2. The molecule has 0 aliphatic rings. The van der Waals surface area contributed by atoms with Crippen LogP contribution in [0.15, 0.2) is 36.4 Å². The van der Waals surface area contributed by atoms with Crippen molar-refractivity contribution in [2.24, 2.45) is 0 Å². The van der Waals surface area contributed by atoms with Crippen LogP contribution >= 0.6 is 0 Å². The largest absolute Gasteiger partial charge is 0.496 e. The number of hydrogen-bond acceptors (Lipinski definition) is 3. The summed E-state index contributed by atoms with van der Waals surface area (Å²) in [7, 11) is 1.69. The molecule has 18 heavy (non-hydrogen) atoms. The van der Waals surface area contributed by atoms with Crippen LogP contribution in [-0.4, -0.2) is 17.3 Å². The fourth-order valence-corrected chi connectivity index (χ4v) is 1.82. The van der Waals surface area contributed by atoms with Gasteiger partial charge in [0.05, 0.1) is 18.5 Å². The molecule has 0 radical (unpaired) electrons. The van der Waals surface area contributed by atoms with Crippen molar-refractivity contribution >= 4 is 0 Å². The van der Waals surface area contributed by atoms with E-state index in [9.17, 15) is 0 Å². The Labute approximate surface area is 108 Å². The third-order valence-electron chi connectivity index (χ3n) is 2.90. The van der Waals surface area contributed by atoms with Crippen LogP contribution in [0, 0.1) is 0 Å². The zero-order valence-electron chi connectivity index (χ0n) is 11.1. The molecule has 2 rings (SSSR count). The number of rotatable bonds is 4. The lowest BCUT2D eigenvalue weighted by atomic mass is 10.1. The standard InChI is InChI=1S/C15H18N2O/c1-11(2)14-9-8-13(16-17-14)10-12-6-4-5-7-15(12)18-3/h4-9,11H,10H2,1-3H3. The second-order valence-corrected chi connectivity index (χ2v) is 4.59. The molecule has 0 aliphatic heterocycles. The van der Waals surface area contributed by atoms with E-state index in [2.05, 4.69) is 30.1 Å². The minimum Gasteiger partial charge on any atom is -0.496 e. The molecular formula is C15H18N2O. The molecule has 0 atom stereocenters. The van der Waals surface area contributed by atoms with Gasteiger partial charge in [0.2, 0.25) is 0 Å². The van der Waals surface area contributed by atoms with E-state index in [0.717, 1.165) is 29.1 Å². The number of methoxy groups -OCH3 is 1. The van der Waals surface area contributed by atoms with Crippen molar-refractivity contribution in [1.82, 2.24) is 10.2 Å². The Morgan fingerprint density at radius 1 is 1.06 bits per heavy atom. The molecule has 0 saturated heterocycles. The molecule has 0 amide bonds. The van der Waals surface area contributed by atoms with E-state index >= 15 is 0 Å². The van der Waals surface area contributed by atoms with Gasteiger partial charge in [0.1, 0.15) is 5.75 Å². The van der Waals surface area contributed by atoms with E-state index in [0.29, 0.717) is 5.92 Å². The zero-order chi connectivity index (χ0) is 13.0. The van der Waals surface area contributed by atoms with Crippen molar-refractivity contribution in [3.63, 3.8) is 0 Å². The zero-order valence-corrected chi connectivity index (χ0v) is 11.1. The van der Waals surface area contributed by atoms with Gasteiger partial charge in [-0.25, -0.2) is 0 Å². The van der Waals surface area contributed by atoms with Crippen molar-refractivity contribution in [2.45, 2.75) is 26.2 Å².